The van der Waals surface area contributed by atoms with Crippen molar-refractivity contribution in [1.82, 2.24) is 24.4 Å². The second-order valence-electron chi connectivity index (χ2n) is 11.2. The molecule has 0 aromatic carbocycles. The molecular weight excluding hydrogens is 462 g/mol. The Morgan fingerprint density at radius 3 is 2.31 bits per heavy atom. The number of hydrogen-bond acceptors (Lipinski definition) is 6. The summed E-state index contributed by atoms with van der Waals surface area (Å²) >= 11 is 0. The van der Waals surface area contributed by atoms with Crippen molar-refractivity contribution in [2.45, 2.75) is 91.3 Å². The Morgan fingerprint density at radius 1 is 1.03 bits per heavy atom. The number of esters is 1. The molecule has 4 aliphatic rings. The van der Waals surface area contributed by atoms with E-state index in [-0.39, 0.29) is 24.5 Å². The average Bonchev–Trinajstić information content (AvgIpc) is 3.19. The molecule has 10 heteroatoms. The van der Waals surface area contributed by atoms with Crippen LogP contribution in [0.5, 0.6) is 0 Å². The van der Waals surface area contributed by atoms with Gasteiger partial charge in [-0.15, -0.1) is 0 Å². The molecule has 4 aliphatic carbocycles. The van der Waals surface area contributed by atoms with E-state index in [0.29, 0.717) is 47.8 Å². The van der Waals surface area contributed by atoms with E-state index in [2.05, 4.69) is 15.3 Å². The quantitative estimate of drug-likeness (QED) is 0.484. The number of carbonyl (C=O) groups is 2. The van der Waals surface area contributed by atoms with Crippen molar-refractivity contribution in [3.8, 4) is 0 Å². The number of ether oxygens (including phenoxy) is 1. The number of fused-ring (bicyclic) bond motifs is 1. The van der Waals surface area contributed by atoms with Gasteiger partial charge in [0, 0.05) is 18.5 Å². The fraction of sp³-hybridized carbons (Fsp3) is 0.731. The minimum atomic E-state index is -0.541. The molecule has 4 fully saturated rings. The van der Waals surface area contributed by atoms with Gasteiger partial charge in [0.05, 0.1) is 0 Å². The monoisotopic (exact) mass is 499 g/mol. The van der Waals surface area contributed by atoms with Crippen molar-refractivity contribution in [3.05, 3.63) is 26.7 Å². The highest BCUT2D eigenvalue weighted by molar-refractivity contribution is 5.86. The smallest absolute Gasteiger partial charge is 0.330 e. The summed E-state index contributed by atoms with van der Waals surface area (Å²) in [6.07, 6.45) is 8.98. The summed E-state index contributed by atoms with van der Waals surface area (Å²) < 4.78 is 8.66. The number of aromatic nitrogens is 4. The molecule has 0 spiro atoms. The van der Waals surface area contributed by atoms with Gasteiger partial charge in [-0.1, -0.05) is 20.3 Å². The van der Waals surface area contributed by atoms with Crippen LogP contribution in [-0.2, 0) is 34.0 Å². The molecule has 0 unspecified atom stereocenters. The Kier molecular flexibility index (Phi) is 6.78. The first-order valence-corrected chi connectivity index (χ1v) is 13.5. The number of rotatable bonds is 10. The highest BCUT2D eigenvalue weighted by atomic mass is 16.5. The topological polar surface area (TPSA) is 128 Å². The Hall–Kier alpha value is -2.91. The molecule has 2 aromatic heterocycles. The normalized spacial score (nSPS) is 26.4. The van der Waals surface area contributed by atoms with E-state index >= 15 is 0 Å². The molecule has 6 rings (SSSR count). The first-order valence-electron chi connectivity index (χ1n) is 13.5. The largest absolute Gasteiger partial charge is 0.456 e. The lowest BCUT2D eigenvalue weighted by atomic mass is 9.49. The van der Waals surface area contributed by atoms with Crippen LogP contribution in [0, 0.1) is 23.2 Å². The number of unbranched alkanes of at least 4 members (excludes halogenated alkanes) is 1. The third-order valence-corrected chi connectivity index (χ3v) is 8.42. The number of nitrogens with zero attached hydrogens (tertiary/aromatic N) is 3. The lowest BCUT2D eigenvalue weighted by Gasteiger charge is -2.55. The van der Waals surface area contributed by atoms with Gasteiger partial charge in [-0.05, 0) is 69.1 Å². The van der Waals surface area contributed by atoms with Gasteiger partial charge in [0.2, 0.25) is 5.91 Å². The number of imidazole rings is 1. The van der Waals surface area contributed by atoms with Crippen molar-refractivity contribution in [1.29, 1.82) is 0 Å². The van der Waals surface area contributed by atoms with Gasteiger partial charge in [-0.2, -0.15) is 0 Å². The molecule has 2 heterocycles. The third kappa shape index (κ3) is 4.50. The Balaban J connectivity index is 1.26. The predicted molar refractivity (Wildman–Crippen MR) is 133 cm³/mol. The van der Waals surface area contributed by atoms with Crippen LogP contribution in [0.25, 0.3) is 11.2 Å². The molecule has 36 heavy (non-hydrogen) atoms. The highest BCUT2D eigenvalue weighted by Gasteiger charge is 2.54. The van der Waals surface area contributed by atoms with E-state index in [4.69, 9.17) is 4.74 Å². The highest BCUT2D eigenvalue weighted by Crippen LogP contribution is 2.60. The minimum absolute atomic E-state index is 0.0109. The maximum Gasteiger partial charge on any atom is 0.330 e. The van der Waals surface area contributed by atoms with Crippen LogP contribution in [-0.4, -0.2) is 37.5 Å². The van der Waals surface area contributed by atoms with E-state index < -0.39 is 17.2 Å². The van der Waals surface area contributed by atoms with E-state index in [0.717, 1.165) is 38.5 Å². The van der Waals surface area contributed by atoms with Crippen LogP contribution in [0.1, 0.15) is 77.5 Å². The van der Waals surface area contributed by atoms with Crippen LogP contribution in [0.15, 0.2) is 9.59 Å². The Labute approximate surface area is 209 Å². The number of H-pyrrole nitrogens is 1. The summed E-state index contributed by atoms with van der Waals surface area (Å²) in [6.45, 7) is 4.63. The Morgan fingerprint density at radius 2 is 1.69 bits per heavy atom. The van der Waals surface area contributed by atoms with Gasteiger partial charge < -0.3 is 14.6 Å². The first kappa shape index (κ1) is 24.8. The van der Waals surface area contributed by atoms with Gasteiger partial charge >= 0.3 is 11.7 Å². The molecule has 2 aromatic rings. The van der Waals surface area contributed by atoms with Crippen molar-refractivity contribution >= 4 is 23.0 Å². The summed E-state index contributed by atoms with van der Waals surface area (Å²) in [7, 11) is 0. The van der Waals surface area contributed by atoms with Gasteiger partial charge in [0.1, 0.15) is 19.0 Å². The molecule has 0 atom stereocenters. The summed E-state index contributed by atoms with van der Waals surface area (Å²) in [5.74, 6) is 1.81. The van der Waals surface area contributed by atoms with Crippen molar-refractivity contribution in [3.63, 3.8) is 0 Å². The van der Waals surface area contributed by atoms with Crippen LogP contribution in [0.3, 0.4) is 0 Å². The molecule has 10 nitrogen and oxygen atoms in total. The SMILES string of the molecule is CCCCn1c(=O)[nH]c(=O)c2c1nc(COC(=O)CNC(=O)C13CC4CC(CC(C4)C1)C3)n2CCC. The number of aromatic amines is 1. The van der Waals surface area contributed by atoms with Crippen molar-refractivity contribution < 1.29 is 14.3 Å². The number of amides is 1. The maximum atomic E-state index is 13.1. The zero-order valence-electron chi connectivity index (χ0n) is 21.3. The van der Waals surface area contributed by atoms with E-state index in [1.165, 1.54) is 23.8 Å². The van der Waals surface area contributed by atoms with E-state index in [1.54, 1.807) is 4.57 Å². The molecule has 2 N–H and O–H groups in total. The first-order chi connectivity index (χ1) is 17.3. The van der Waals surface area contributed by atoms with Gasteiger partial charge in [0.25, 0.3) is 5.56 Å². The summed E-state index contributed by atoms with van der Waals surface area (Å²) in [6, 6.07) is 0. The minimum Gasteiger partial charge on any atom is -0.456 e. The number of carbonyl (C=O) groups excluding carboxylic acids is 2. The predicted octanol–water partition coefficient (Wildman–Crippen LogP) is 2.47. The van der Waals surface area contributed by atoms with Gasteiger partial charge in [-0.25, -0.2) is 9.78 Å². The average molecular weight is 500 g/mol. The lowest BCUT2D eigenvalue weighted by molar-refractivity contribution is -0.151. The van der Waals surface area contributed by atoms with Gasteiger partial charge in [0.15, 0.2) is 11.2 Å². The van der Waals surface area contributed by atoms with Crippen molar-refractivity contribution in [2.75, 3.05) is 6.54 Å². The summed E-state index contributed by atoms with van der Waals surface area (Å²) in [4.78, 5) is 57.7. The van der Waals surface area contributed by atoms with E-state index in [1.807, 2.05) is 13.8 Å². The molecule has 4 saturated carbocycles. The maximum absolute atomic E-state index is 13.1. The fourth-order valence-electron chi connectivity index (χ4n) is 7.24. The lowest BCUT2D eigenvalue weighted by Crippen LogP contribution is -2.54. The molecule has 1 amide bonds. The number of hydrogen-bond donors (Lipinski definition) is 2. The standard InChI is InChI=1S/C26H37N5O5/c1-3-5-7-31-22-21(23(33)29-25(31)35)30(6-4-2)19(28-22)15-36-20(32)14-27-24(34)26-11-16-8-17(12-26)10-18(9-16)13-26/h16-18H,3-15H2,1-2H3,(H,27,34)(H,29,33,35). The van der Waals surface area contributed by atoms with Crippen LogP contribution in [0.4, 0.5) is 0 Å². The Bertz CT molecular complexity index is 1240. The van der Waals surface area contributed by atoms with Gasteiger partial charge in [-0.3, -0.25) is 23.9 Å². The summed E-state index contributed by atoms with van der Waals surface area (Å²) in [5.41, 5.74) is -0.671. The zero-order chi connectivity index (χ0) is 25.4. The number of aryl methyl sites for hydroxylation is 2. The third-order valence-electron chi connectivity index (χ3n) is 8.42. The second-order valence-corrected chi connectivity index (χ2v) is 11.2. The molecule has 196 valence electrons. The zero-order valence-corrected chi connectivity index (χ0v) is 21.3. The van der Waals surface area contributed by atoms with Crippen LogP contribution >= 0.6 is 0 Å². The van der Waals surface area contributed by atoms with Crippen LogP contribution < -0.4 is 16.6 Å². The molecule has 0 aliphatic heterocycles. The molecular formula is C26H37N5O5. The second kappa shape index (κ2) is 9.86. The summed E-state index contributed by atoms with van der Waals surface area (Å²) in [5, 5.41) is 2.85. The van der Waals surface area contributed by atoms with E-state index in [9.17, 15) is 19.2 Å². The molecule has 0 saturated heterocycles. The molecule has 0 radical (unpaired) electrons. The van der Waals surface area contributed by atoms with Crippen molar-refractivity contribution in [2.24, 2.45) is 23.2 Å². The number of nitrogens with one attached hydrogen (secondary N) is 2. The van der Waals surface area contributed by atoms with Crippen LogP contribution in [0.2, 0.25) is 0 Å². The fourth-order valence-corrected chi connectivity index (χ4v) is 7.24. The molecule has 4 bridgehead atoms.